The fraction of sp³-hybridized carbons (Fsp3) is 0. The Morgan fingerprint density at radius 1 is 0.250 bits per heavy atom. The van der Waals surface area contributed by atoms with Crippen LogP contribution in [0.25, 0.3) is 76.5 Å². The molecular formula is C40H26. The van der Waals surface area contributed by atoms with Crippen molar-refractivity contribution in [3.8, 4) is 33.4 Å². The lowest BCUT2D eigenvalue weighted by Crippen LogP contribution is -1.91. The molecule has 8 aromatic carbocycles. The molecule has 0 aliphatic heterocycles. The van der Waals surface area contributed by atoms with Crippen LogP contribution in [0.4, 0.5) is 0 Å². The summed E-state index contributed by atoms with van der Waals surface area (Å²) in [6, 6.07) is 57.5. The molecule has 0 unspecified atom stereocenters. The quantitative estimate of drug-likeness (QED) is 0.209. The molecule has 0 atom stereocenters. The van der Waals surface area contributed by atoms with Crippen molar-refractivity contribution < 1.29 is 0 Å². The van der Waals surface area contributed by atoms with Gasteiger partial charge >= 0.3 is 0 Å². The van der Waals surface area contributed by atoms with E-state index in [2.05, 4.69) is 158 Å². The van der Waals surface area contributed by atoms with Crippen molar-refractivity contribution >= 4 is 43.1 Å². The van der Waals surface area contributed by atoms with Gasteiger partial charge in [-0.3, -0.25) is 0 Å². The Balaban J connectivity index is 1.39. The summed E-state index contributed by atoms with van der Waals surface area (Å²) >= 11 is 0. The highest BCUT2D eigenvalue weighted by molar-refractivity contribution is 6.21. The Kier molecular flexibility index (Phi) is 5.24. The summed E-state index contributed by atoms with van der Waals surface area (Å²) in [5.74, 6) is 0. The first-order valence-corrected chi connectivity index (χ1v) is 13.9. The first-order chi connectivity index (χ1) is 19.8. The molecule has 0 saturated heterocycles. The van der Waals surface area contributed by atoms with Gasteiger partial charge in [0.15, 0.2) is 0 Å². The number of hydrogen-bond donors (Lipinski definition) is 0. The first-order valence-electron chi connectivity index (χ1n) is 13.9. The van der Waals surface area contributed by atoms with Crippen molar-refractivity contribution in [1.82, 2.24) is 0 Å². The van der Waals surface area contributed by atoms with Crippen LogP contribution in [0.3, 0.4) is 0 Å². The van der Waals surface area contributed by atoms with Crippen LogP contribution < -0.4 is 0 Å². The van der Waals surface area contributed by atoms with Crippen molar-refractivity contribution in [3.63, 3.8) is 0 Å². The Bertz CT molecular complexity index is 2140. The third-order valence-corrected chi connectivity index (χ3v) is 8.22. The smallest absolute Gasteiger partial charge is 0.00262 e. The fourth-order valence-electron chi connectivity index (χ4n) is 6.40. The van der Waals surface area contributed by atoms with E-state index in [1.54, 1.807) is 0 Å². The van der Waals surface area contributed by atoms with Crippen molar-refractivity contribution in [2.24, 2.45) is 0 Å². The molecule has 0 spiro atoms. The minimum atomic E-state index is 1.24. The van der Waals surface area contributed by atoms with Crippen LogP contribution >= 0.6 is 0 Å². The highest BCUT2D eigenvalue weighted by Crippen LogP contribution is 2.44. The van der Waals surface area contributed by atoms with Crippen LogP contribution in [0.15, 0.2) is 158 Å². The predicted molar refractivity (Wildman–Crippen MR) is 173 cm³/mol. The summed E-state index contributed by atoms with van der Waals surface area (Å²) in [7, 11) is 0. The maximum atomic E-state index is 2.38. The van der Waals surface area contributed by atoms with Crippen LogP contribution in [-0.2, 0) is 0 Å². The van der Waals surface area contributed by atoms with Gasteiger partial charge in [-0.2, -0.15) is 0 Å². The molecule has 0 aliphatic carbocycles. The lowest BCUT2D eigenvalue weighted by Gasteiger charge is -2.18. The minimum Gasteiger partial charge on any atom is -0.0622 e. The van der Waals surface area contributed by atoms with E-state index in [1.165, 1.54) is 76.5 Å². The Morgan fingerprint density at radius 2 is 0.750 bits per heavy atom. The molecule has 0 nitrogen and oxygen atoms in total. The van der Waals surface area contributed by atoms with E-state index in [0.717, 1.165) is 0 Å². The highest BCUT2D eigenvalue weighted by atomic mass is 14.2. The largest absolute Gasteiger partial charge is 0.0622 e. The molecule has 8 aromatic rings. The Hall–Kier alpha value is -5.20. The van der Waals surface area contributed by atoms with E-state index in [9.17, 15) is 0 Å². The highest BCUT2D eigenvalue weighted by Gasteiger charge is 2.16. The standard InChI is InChI=1S/C40H26/c1-2-12-29(13-3-1)39-35-16-6-8-18-37(35)40(38-19-9-7-17-36(38)39)31-24-22-27-21-23-30(25-32(27)26-31)34-20-10-14-28-11-4-5-15-33(28)34/h1-26H. The third-order valence-electron chi connectivity index (χ3n) is 8.22. The van der Waals surface area contributed by atoms with Gasteiger partial charge < -0.3 is 0 Å². The summed E-state index contributed by atoms with van der Waals surface area (Å²) in [6.07, 6.45) is 0. The zero-order valence-corrected chi connectivity index (χ0v) is 22.0. The van der Waals surface area contributed by atoms with Gasteiger partial charge in [0.05, 0.1) is 0 Å². The molecule has 0 fully saturated rings. The second kappa shape index (κ2) is 9.22. The molecule has 8 rings (SSSR count). The maximum Gasteiger partial charge on any atom is -0.00262 e. The summed E-state index contributed by atoms with van der Waals surface area (Å²) in [6.45, 7) is 0. The number of benzene rings is 8. The van der Waals surface area contributed by atoms with Crippen LogP contribution in [0.2, 0.25) is 0 Å². The molecule has 186 valence electrons. The van der Waals surface area contributed by atoms with E-state index in [0.29, 0.717) is 0 Å². The van der Waals surface area contributed by atoms with Gasteiger partial charge in [-0.15, -0.1) is 0 Å². The second-order valence-electron chi connectivity index (χ2n) is 10.5. The van der Waals surface area contributed by atoms with Crippen LogP contribution in [0.1, 0.15) is 0 Å². The Morgan fingerprint density at radius 3 is 1.43 bits per heavy atom. The van der Waals surface area contributed by atoms with Crippen molar-refractivity contribution in [1.29, 1.82) is 0 Å². The summed E-state index contributed by atoms with van der Waals surface area (Å²) < 4.78 is 0. The molecule has 0 aliphatic rings. The third kappa shape index (κ3) is 3.61. The first kappa shape index (κ1) is 22.8. The van der Waals surface area contributed by atoms with E-state index in [4.69, 9.17) is 0 Å². The normalized spacial score (nSPS) is 11.5. The molecule has 0 heterocycles. The van der Waals surface area contributed by atoms with Crippen molar-refractivity contribution in [3.05, 3.63) is 158 Å². The van der Waals surface area contributed by atoms with Crippen LogP contribution in [-0.4, -0.2) is 0 Å². The zero-order chi connectivity index (χ0) is 26.5. The fourth-order valence-corrected chi connectivity index (χ4v) is 6.40. The number of rotatable bonds is 3. The minimum absolute atomic E-state index is 1.24. The predicted octanol–water partition coefficient (Wildman–Crippen LogP) is 11.3. The maximum absolute atomic E-state index is 2.38. The molecule has 40 heavy (non-hydrogen) atoms. The van der Waals surface area contributed by atoms with Gasteiger partial charge in [0.2, 0.25) is 0 Å². The summed E-state index contributed by atoms with van der Waals surface area (Å²) in [4.78, 5) is 0. The molecule has 0 bridgehead atoms. The van der Waals surface area contributed by atoms with Gasteiger partial charge in [0, 0.05) is 0 Å². The summed E-state index contributed by atoms with van der Waals surface area (Å²) in [5, 5.41) is 10.2. The SMILES string of the molecule is c1ccc(-c2c3ccccc3c(-c3ccc4ccc(-c5cccc6ccccc56)cc4c3)c3ccccc23)cc1. The van der Waals surface area contributed by atoms with Gasteiger partial charge in [0.25, 0.3) is 0 Å². The molecule has 0 N–H and O–H groups in total. The Labute approximate surface area is 233 Å². The average molecular weight is 507 g/mol. The molecule has 0 heteroatoms. The monoisotopic (exact) mass is 506 g/mol. The lowest BCUT2D eigenvalue weighted by atomic mass is 9.85. The summed E-state index contributed by atoms with van der Waals surface area (Å²) in [5.41, 5.74) is 7.61. The van der Waals surface area contributed by atoms with Gasteiger partial charge in [0.1, 0.15) is 0 Å². The van der Waals surface area contributed by atoms with Gasteiger partial charge in [-0.1, -0.05) is 146 Å². The van der Waals surface area contributed by atoms with E-state index in [-0.39, 0.29) is 0 Å². The number of hydrogen-bond acceptors (Lipinski definition) is 0. The van der Waals surface area contributed by atoms with Gasteiger partial charge in [-0.05, 0) is 88.6 Å². The van der Waals surface area contributed by atoms with Crippen LogP contribution in [0.5, 0.6) is 0 Å². The number of fused-ring (bicyclic) bond motifs is 4. The van der Waals surface area contributed by atoms with E-state index < -0.39 is 0 Å². The zero-order valence-electron chi connectivity index (χ0n) is 22.0. The van der Waals surface area contributed by atoms with E-state index in [1.807, 2.05) is 0 Å². The average Bonchev–Trinajstić information content (AvgIpc) is 3.03. The lowest BCUT2D eigenvalue weighted by molar-refractivity contribution is 1.65. The van der Waals surface area contributed by atoms with Gasteiger partial charge in [-0.25, -0.2) is 0 Å². The molecule has 0 saturated carbocycles. The molecule has 0 amide bonds. The van der Waals surface area contributed by atoms with E-state index >= 15 is 0 Å². The molecular weight excluding hydrogens is 480 g/mol. The topological polar surface area (TPSA) is 0 Å². The molecule has 0 aromatic heterocycles. The van der Waals surface area contributed by atoms with Crippen LogP contribution in [0, 0.1) is 0 Å². The second-order valence-corrected chi connectivity index (χ2v) is 10.5. The van der Waals surface area contributed by atoms with Crippen molar-refractivity contribution in [2.75, 3.05) is 0 Å². The van der Waals surface area contributed by atoms with Crippen molar-refractivity contribution in [2.45, 2.75) is 0 Å². The molecule has 0 radical (unpaired) electrons.